The molecule has 28 heavy (non-hydrogen) atoms. The number of ether oxygens (including phenoxy) is 1. The molecular weight excluding hydrogens is 354 g/mol. The lowest BCUT2D eigenvalue weighted by Gasteiger charge is -2.30. The fourth-order valence-corrected chi connectivity index (χ4v) is 3.44. The van der Waals surface area contributed by atoms with Gasteiger partial charge in [-0.1, -0.05) is 54.6 Å². The number of aliphatic hydroxyl groups excluding tert-OH is 2. The molecule has 0 bridgehead atoms. The fourth-order valence-electron chi connectivity index (χ4n) is 3.44. The molecule has 5 heteroatoms. The summed E-state index contributed by atoms with van der Waals surface area (Å²) >= 11 is 0. The summed E-state index contributed by atoms with van der Waals surface area (Å²) in [7, 11) is 0. The molecule has 2 aromatic carbocycles. The quantitative estimate of drug-likeness (QED) is 0.758. The highest BCUT2D eigenvalue weighted by Crippen LogP contribution is 2.32. The Morgan fingerprint density at radius 2 is 1.71 bits per heavy atom. The van der Waals surface area contributed by atoms with Gasteiger partial charge in [-0.3, -0.25) is 4.90 Å². The van der Waals surface area contributed by atoms with Crippen molar-refractivity contribution in [3.63, 3.8) is 0 Å². The van der Waals surface area contributed by atoms with Crippen molar-refractivity contribution in [2.24, 2.45) is 0 Å². The Labute approximate surface area is 165 Å². The van der Waals surface area contributed by atoms with Gasteiger partial charge in [0.25, 0.3) is 0 Å². The number of likely N-dealkylation sites (tertiary alicyclic amines) is 1. The van der Waals surface area contributed by atoms with E-state index in [1.807, 2.05) is 30.3 Å². The number of aliphatic hydroxyl groups is 2. The van der Waals surface area contributed by atoms with Gasteiger partial charge in [0.2, 0.25) is 0 Å². The molecule has 0 aromatic heterocycles. The molecular formula is C23H27NO4. The number of carbonyl (C=O) groups is 1. The van der Waals surface area contributed by atoms with E-state index in [2.05, 4.69) is 24.3 Å². The van der Waals surface area contributed by atoms with Crippen molar-refractivity contribution in [3.8, 4) is 11.1 Å². The Hall–Kier alpha value is -2.79. The van der Waals surface area contributed by atoms with E-state index in [4.69, 9.17) is 4.74 Å². The van der Waals surface area contributed by atoms with Crippen molar-refractivity contribution < 1.29 is 19.7 Å². The van der Waals surface area contributed by atoms with Crippen LogP contribution in [-0.2, 0) is 11.2 Å². The predicted molar refractivity (Wildman–Crippen MR) is 109 cm³/mol. The first-order valence-corrected chi connectivity index (χ1v) is 9.45. The third kappa shape index (κ3) is 4.54. The number of hydrogen-bond donors (Lipinski definition) is 2. The fraction of sp³-hybridized carbons (Fsp3) is 0.348. The largest absolute Gasteiger partial charge is 0.515 e. The monoisotopic (exact) mass is 381 g/mol. The van der Waals surface area contributed by atoms with Gasteiger partial charge in [-0.2, -0.15) is 0 Å². The van der Waals surface area contributed by atoms with Crippen LogP contribution < -0.4 is 0 Å². The second-order valence-corrected chi connectivity index (χ2v) is 8.09. The Morgan fingerprint density at radius 3 is 2.29 bits per heavy atom. The summed E-state index contributed by atoms with van der Waals surface area (Å²) in [6, 6.07) is 18.0. The van der Waals surface area contributed by atoms with Crippen molar-refractivity contribution in [1.29, 1.82) is 0 Å². The molecule has 1 aliphatic rings. The molecule has 3 rings (SSSR count). The lowest BCUT2D eigenvalue weighted by Crippen LogP contribution is -2.45. The summed E-state index contributed by atoms with van der Waals surface area (Å²) in [6.07, 6.45) is 0.0943. The summed E-state index contributed by atoms with van der Waals surface area (Å²) in [6.45, 7) is 5.36. The minimum Gasteiger partial charge on any atom is -0.515 e. The topological polar surface area (TPSA) is 70.0 Å². The summed E-state index contributed by atoms with van der Waals surface area (Å²) in [5.74, 6) is 0. The molecule has 148 valence electrons. The average Bonchev–Trinajstić information content (AvgIpc) is 2.97. The lowest BCUT2D eigenvalue weighted by atomic mass is 9.99. The van der Waals surface area contributed by atoms with Gasteiger partial charge < -0.3 is 14.9 Å². The van der Waals surface area contributed by atoms with Gasteiger partial charge in [-0.25, -0.2) is 4.79 Å². The summed E-state index contributed by atoms with van der Waals surface area (Å²) < 4.78 is 5.45. The summed E-state index contributed by atoms with van der Waals surface area (Å²) in [5.41, 5.74) is 3.06. The minimum absolute atomic E-state index is 0.286. The number of rotatable bonds is 3. The zero-order valence-corrected chi connectivity index (χ0v) is 16.5. The first kappa shape index (κ1) is 20.0. The van der Waals surface area contributed by atoms with Crippen molar-refractivity contribution in [2.75, 3.05) is 0 Å². The van der Waals surface area contributed by atoms with Crippen molar-refractivity contribution in [1.82, 2.24) is 4.90 Å². The molecule has 2 atom stereocenters. The van der Waals surface area contributed by atoms with Gasteiger partial charge in [-0.15, -0.1) is 0 Å². The normalized spacial score (nSPS) is 21.1. The Bertz CT molecular complexity index is 837. The number of carbonyl (C=O) groups excluding carboxylic acids is 1. The third-order valence-corrected chi connectivity index (χ3v) is 4.76. The van der Waals surface area contributed by atoms with E-state index in [-0.39, 0.29) is 6.04 Å². The van der Waals surface area contributed by atoms with Crippen LogP contribution in [0.3, 0.4) is 0 Å². The zero-order chi connectivity index (χ0) is 20.3. The van der Waals surface area contributed by atoms with Gasteiger partial charge in [0.1, 0.15) is 5.60 Å². The average molecular weight is 381 g/mol. The predicted octanol–water partition coefficient (Wildman–Crippen LogP) is 4.67. The van der Waals surface area contributed by atoms with Crippen molar-refractivity contribution in [2.45, 2.75) is 51.5 Å². The van der Waals surface area contributed by atoms with Crippen LogP contribution in [0.15, 0.2) is 66.4 Å². The molecule has 1 fully saturated rings. The zero-order valence-electron chi connectivity index (χ0n) is 16.5. The van der Waals surface area contributed by atoms with Crippen LogP contribution in [0.2, 0.25) is 0 Å². The second kappa shape index (κ2) is 8.07. The van der Waals surface area contributed by atoms with Gasteiger partial charge in [0, 0.05) is 11.6 Å². The summed E-state index contributed by atoms with van der Waals surface area (Å²) in [5, 5.41) is 19.9. The number of nitrogens with zero attached hydrogens (tertiary/aromatic N) is 1. The highest BCUT2D eigenvalue weighted by Gasteiger charge is 2.41. The van der Waals surface area contributed by atoms with Crippen LogP contribution in [0.1, 0.15) is 32.8 Å². The number of benzene rings is 2. The van der Waals surface area contributed by atoms with Crippen LogP contribution >= 0.6 is 0 Å². The molecule has 1 heterocycles. The molecule has 2 aromatic rings. The Balaban J connectivity index is 1.78. The lowest BCUT2D eigenvalue weighted by molar-refractivity contribution is -0.0172. The smallest absolute Gasteiger partial charge is 0.412 e. The van der Waals surface area contributed by atoms with Crippen LogP contribution in [0.5, 0.6) is 0 Å². The van der Waals surface area contributed by atoms with Crippen molar-refractivity contribution in [3.05, 3.63) is 72.0 Å². The molecule has 2 N–H and O–H groups in total. The van der Waals surface area contributed by atoms with E-state index in [0.717, 1.165) is 23.0 Å². The standard InChI is InChI=1S/C23H27NO4/c1-23(2,3)28-22(27)24-20(14-19(15-25)21(24)26)13-16-9-11-18(12-10-16)17-7-5-4-6-8-17/h4-12,15,20-21,25-26H,13-14H2,1-3H3/b19-15+/t20-,21?/m1/s1. The molecule has 0 saturated carbocycles. The molecule has 5 nitrogen and oxygen atoms in total. The molecule has 0 aliphatic carbocycles. The highest BCUT2D eigenvalue weighted by atomic mass is 16.6. The van der Waals surface area contributed by atoms with E-state index < -0.39 is 17.9 Å². The maximum atomic E-state index is 12.6. The van der Waals surface area contributed by atoms with Crippen LogP contribution in [0.25, 0.3) is 11.1 Å². The van der Waals surface area contributed by atoms with E-state index in [1.165, 1.54) is 4.90 Å². The molecule has 1 saturated heterocycles. The number of hydrogen-bond acceptors (Lipinski definition) is 4. The third-order valence-electron chi connectivity index (χ3n) is 4.76. The van der Waals surface area contributed by atoms with Crippen molar-refractivity contribution >= 4 is 6.09 Å². The van der Waals surface area contributed by atoms with Crippen LogP contribution in [0, 0.1) is 0 Å². The van der Waals surface area contributed by atoms with Gasteiger partial charge in [-0.05, 0) is 50.3 Å². The molecule has 0 radical (unpaired) electrons. The maximum absolute atomic E-state index is 12.6. The van der Waals surface area contributed by atoms with E-state index in [1.54, 1.807) is 20.8 Å². The Kier molecular flexibility index (Phi) is 5.75. The minimum atomic E-state index is -1.17. The van der Waals surface area contributed by atoms with E-state index in [9.17, 15) is 15.0 Å². The molecule has 0 spiro atoms. The van der Waals surface area contributed by atoms with Gasteiger partial charge >= 0.3 is 6.09 Å². The first-order valence-electron chi connectivity index (χ1n) is 9.45. The molecule has 1 aliphatic heterocycles. The maximum Gasteiger partial charge on any atom is 0.412 e. The first-order chi connectivity index (χ1) is 13.3. The van der Waals surface area contributed by atoms with E-state index in [0.29, 0.717) is 18.4 Å². The highest BCUT2D eigenvalue weighted by molar-refractivity contribution is 5.70. The van der Waals surface area contributed by atoms with E-state index >= 15 is 0 Å². The van der Waals surface area contributed by atoms with Gasteiger partial charge in [0.05, 0.1) is 6.26 Å². The second-order valence-electron chi connectivity index (χ2n) is 8.09. The summed E-state index contributed by atoms with van der Waals surface area (Å²) in [4.78, 5) is 13.9. The van der Waals surface area contributed by atoms with Crippen LogP contribution in [-0.4, -0.2) is 39.1 Å². The molecule has 1 unspecified atom stereocenters. The number of amides is 1. The Morgan fingerprint density at radius 1 is 1.11 bits per heavy atom. The van der Waals surface area contributed by atoms with Gasteiger partial charge in [0.15, 0.2) is 6.23 Å². The molecule has 1 amide bonds. The van der Waals surface area contributed by atoms with Crippen LogP contribution in [0.4, 0.5) is 4.79 Å². The SMILES string of the molecule is CC(C)(C)OC(=O)N1C(O)/C(=C/O)C[C@H]1Cc1ccc(-c2ccccc2)cc1.